The number of benzene rings is 1. The van der Waals surface area contributed by atoms with Gasteiger partial charge in [0.05, 0.1) is 24.6 Å². The van der Waals surface area contributed by atoms with Crippen molar-refractivity contribution in [1.82, 2.24) is 10.2 Å². The minimum absolute atomic E-state index is 0.203. The fourth-order valence-corrected chi connectivity index (χ4v) is 3.59. The summed E-state index contributed by atoms with van der Waals surface area (Å²) in [6, 6.07) is 4.86. The molecule has 9 heteroatoms. The Morgan fingerprint density at radius 3 is 2.34 bits per heavy atom. The maximum absolute atomic E-state index is 13.0. The fraction of sp³-hybridized carbons (Fsp3) is 0.609. The molecule has 8 nitrogen and oxygen atoms in total. The first-order valence-electron chi connectivity index (χ1n) is 10.6. The van der Waals surface area contributed by atoms with Crippen LogP contribution in [0.5, 0.6) is 0 Å². The number of likely N-dealkylation sites (tertiary alicyclic amines) is 1. The first-order chi connectivity index (χ1) is 15.0. The molecule has 1 aromatic carbocycles. The van der Waals surface area contributed by atoms with Crippen LogP contribution in [0.4, 0.5) is 9.18 Å². The van der Waals surface area contributed by atoms with Gasteiger partial charge in [-0.1, -0.05) is 6.92 Å². The van der Waals surface area contributed by atoms with Gasteiger partial charge in [-0.2, -0.15) is 0 Å². The zero-order valence-electron chi connectivity index (χ0n) is 19.7. The highest BCUT2D eigenvalue weighted by atomic mass is 19.1. The summed E-state index contributed by atoms with van der Waals surface area (Å²) in [6.07, 6.45) is 0.525. The van der Waals surface area contributed by atoms with Crippen molar-refractivity contribution in [3.05, 3.63) is 35.6 Å². The van der Waals surface area contributed by atoms with E-state index in [1.807, 2.05) is 0 Å². The van der Waals surface area contributed by atoms with E-state index < -0.39 is 29.5 Å². The van der Waals surface area contributed by atoms with Gasteiger partial charge in [-0.3, -0.25) is 9.59 Å². The van der Waals surface area contributed by atoms with Gasteiger partial charge in [0.1, 0.15) is 11.4 Å². The predicted octanol–water partition coefficient (Wildman–Crippen LogP) is 2.78. The third kappa shape index (κ3) is 7.87. The van der Waals surface area contributed by atoms with Gasteiger partial charge in [-0.15, -0.1) is 0 Å². The molecule has 3 atom stereocenters. The van der Waals surface area contributed by atoms with Crippen LogP contribution >= 0.6 is 0 Å². The summed E-state index contributed by atoms with van der Waals surface area (Å²) >= 11 is 0. The number of carbonyl (C=O) groups excluding carboxylic acids is 3. The number of rotatable bonds is 7. The Kier molecular flexibility index (Phi) is 10.7. The average molecular weight is 455 g/mol. The van der Waals surface area contributed by atoms with Crippen LogP contribution in [0.15, 0.2) is 24.3 Å². The number of hydrogen-bond donors (Lipinski definition) is 2. The molecule has 0 aliphatic carbocycles. The molecule has 2 amide bonds. The first kappa shape index (κ1) is 27.5. The molecular weight excluding hydrogens is 419 g/mol. The van der Waals surface area contributed by atoms with E-state index in [1.54, 1.807) is 32.6 Å². The van der Waals surface area contributed by atoms with E-state index in [0.29, 0.717) is 18.5 Å². The van der Waals surface area contributed by atoms with E-state index >= 15 is 0 Å². The van der Waals surface area contributed by atoms with Crippen LogP contribution in [-0.4, -0.2) is 72.8 Å². The number of ether oxygens (including phenoxy) is 2. The molecule has 180 valence electrons. The quantitative estimate of drug-likeness (QED) is 0.614. The molecule has 0 radical (unpaired) electrons. The molecule has 0 saturated carbocycles. The van der Waals surface area contributed by atoms with Crippen molar-refractivity contribution in [3.8, 4) is 0 Å². The molecular formula is C23H35FN2O6. The van der Waals surface area contributed by atoms with E-state index in [2.05, 4.69) is 5.32 Å². The van der Waals surface area contributed by atoms with Crippen molar-refractivity contribution in [2.45, 2.75) is 58.3 Å². The number of ketones is 1. The number of nitrogens with one attached hydrogen (secondary N) is 1. The summed E-state index contributed by atoms with van der Waals surface area (Å²) in [6.45, 7) is 7.45. The van der Waals surface area contributed by atoms with Gasteiger partial charge >= 0.3 is 6.09 Å². The molecule has 2 N–H and O–H groups in total. The Balaban J connectivity index is 0.00000249. The minimum atomic E-state index is -0.615. The topological polar surface area (TPSA) is 105 Å². The molecule has 0 spiro atoms. The van der Waals surface area contributed by atoms with E-state index in [1.165, 1.54) is 31.4 Å². The number of halogens is 1. The van der Waals surface area contributed by atoms with Gasteiger partial charge in [-0.25, -0.2) is 9.18 Å². The van der Waals surface area contributed by atoms with Gasteiger partial charge in [0.25, 0.3) is 0 Å². The molecule has 1 fully saturated rings. The summed E-state index contributed by atoms with van der Waals surface area (Å²) in [5, 5.41) is 9.62. The van der Waals surface area contributed by atoms with Crippen LogP contribution in [0, 0.1) is 11.7 Å². The molecule has 1 heterocycles. The van der Waals surface area contributed by atoms with Crippen LogP contribution < -0.4 is 5.32 Å². The normalized spacial score (nSPS) is 17.6. The minimum Gasteiger partial charge on any atom is -0.444 e. The summed E-state index contributed by atoms with van der Waals surface area (Å²) in [5.41, 5.74) is -0.296. The Bertz CT molecular complexity index is 763. The monoisotopic (exact) mass is 454 g/mol. The standard InChI is InChI=1S/C22H31FN2O5.CH4O/c1-14(20(27)24-13-18(26)15-8-10-16(23)11-9-15)19(29-5)17-7-6-12-25(17)21(28)30-22(2,3)4;1-2/h8-11,14,17,19H,6-7,12-13H2,1-5H3,(H,24,27);2H,1H3. The SMILES string of the molecule is CO.COC(C(C)C(=O)NCC(=O)c1ccc(F)cc1)C1CCCN1C(=O)OC(C)(C)C. The lowest BCUT2D eigenvalue weighted by molar-refractivity contribution is -0.130. The van der Waals surface area contributed by atoms with Crippen LogP contribution in [0.2, 0.25) is 0 Å². The highest BCUT2D eigenvalue weighted by Crippen LogP contribution is 2.28. The molecule has 1 aromatic rings. The van der Waals surface area contributed by atoms with Crippen LogP contribution in [0.3, 0.4) is 0 Å². The third-order valence-corrected chi connectivity index (χ3v) is 5.07. The molecule has 0 bridgehead atoms. The van der Waals surface area contributed by atoms with Crippen LogP contribution in [0.25, 0.3) is 0 Å². The number of nitrogens with zero attached hydrogens (tertiary/aromatic N) is 1. The van der Waals surface area contributed by atoms with Crippen molar-refractivity contribution in [2.75, 3.05) is 27.3 Å². The summed E-state index contributed by atoms with van der Waals surface area (Å²) in [5.74, 6) is -1.70. The number of Topliss-reactive ketones (excluding diaryl/α,β-unsaturated/α-hetero) is 1. The number of aliphatic hydroxyl groups is 1. The summed E-state index contributed by atoms with van der Waals surface area (Å²) < 4.78 is 24.1. The molecule has 1 aliphatic heterocycles. The Labute approximate surface area is 189 Å². The van der Waals surface area contributed by atoms with Crippen molar-refractivity contribution in [2.24, 2.45) is 5.92 Å². The highest BCUT2D eigenvalue weighted by molar-refractivity contribution is 5.99. The van der Waals surface area contributed by atoms with Crippen LogP contribution in [0.1, 0.15) is 50.9 Å². The lowest BCUT2D eigenvalue weighted by Crippen LogP contribution is -2.51. The molecule has 2 rings (SSSR count). The number of aliphatic hydroxyl groups excluding tert-OH is 1. The zero-order chi connectivity index (χ0) is 24.5. The van der Waals surface area contributed by atoms with Crippen LogP contribution in [-0.2, 0) is 14.3 Å². The smallest absolute Gasteiger partial charge is 0.410 e. The van der Waals surface area contributed by atoms with E-state index in [0.717, 1.165) is 13.5 Å². The number of carbonyl (C=O) groups is 3. The molecule has 1 saturated heterocycles. The second kappa shape index (κ2) is 12.5. The van der Waals surface area contributed by atoms with Crippen molar-refractivity contribution in [3.63, 3.8) is 0 Å². The van der Waals surface area contributed by atoms with Gasteiger partial charge in [-0.05, 0) is 57.9 Å². The van der Waals surface area contributed by atoms with Gasteiger partial charge < -0.3 is 24.8 Å². The molecule has 3 unspecified atom stereocenters. The Morgan fingerprint density at radius 2 is 1.81 bits per heavy atom. The predicted molar refractivity (Wildman–Crippen MR) is 118 cm³/mol. The van der Waals surface area contributed by atoms with Gasteiger partial charge in [0.2, 0.25) is 5.91 Å². The number of methoxy groups -OCH3 is 1. The maximum atomic E-state index is 13.0. The van der Waals surface area contributed by atoms with Crippen molar-refractivity contribution < 1.29 is 33.4 Å². The van der Waals surface area contributed by atoms with E-state index in [4.69, 9.17) is 14.6 Å². The summed E-state index contributed by atoms with van der Waals surface area (Å²) in [4.78, 5) is 39.0. The first-order valence-corrected chi connectivity index (χ1v) is 10.6. The van der Waals surface area contributed by atoms with Crippen molar-refractivity contribution >= 4 is 17.8 Å². The Morgan fingerprint density at radius 1 is 1.22 bits per heavy atom. The number of amides is 2. The molecule has 0 aromatic heterocycles. The van der Waals surface area contributed by atoms with E-state index in [9.17, 15) is 18.8 Å². The summed E-state index contributed by atoms with van der Waals surface area (Å²) in [7, 11) is 2.50. The maximum Gasteiger partial charge on any atom is 0.410 e. The Hall–Kier alpha value is -2.52. The molecule has 1 aliphatic rings. The lowest BCUT2D eigenvalue weighted by atomic mass is 9.95. The van der Waals surface area contributed by atoms with Crippen molar-refractivity contribution in [1.29, 1.82) is 0 Å². The third-order valence-electron chi connectivity index (χ3n) is 5.07. The van der Waals surface area contributed by atoms with Gasteiger partial charge in [0.15, 0.2) is 5.78 Å². The largest absolute Gasteiger partial charge is 0.444 e. The zero-order valence-corrected chi connectivity index (χ0v) is 19.7. The lowest BCUT2D eigenvalue weighted by Gasteiger charge is -2.34. The highest BCUT2D eigenvalue weighted by Gasteiger charge is 2.41. The van der Waals surface area contributed by atoms with Gasteiger partial charge in [0, 0.05) is 26.3 Å². The average Bonchev–Trinajstić information content (AvgIpc) is 3.22. The fourth-order valence-electron chi connectivity index (χ4n) is 3.59. The van der Waals surface area contributed by atoms with E-state index in [-0.39, 0.29) is 24.3 Å². The number of hydrogen-bond acceptors (Lipinski definition) is 6. The second-order valence-corrected chi connectivity index (χ2v) is 8.52. The molecule has 32 heavy (non-hydrogen) atoms. The second-order valence-electron chi connectivity index (χ2n) is 8.52.